The van der Waals surface area contributed by atoms with Crippen LogP contribution in [-0.2, 0) is 11.8 Å². The van der Waals surface area contributed by atoms with Gasteiger partial charge in [0.05, 0.1) is 12.8 Å². The van der Waals surface area contributed by atoms with E-state index in [0.717, 1.165) is 49.6 Å². The lowest BCUT2D eigenvalue weighted by Crippen LogP contribution is -2.39. The van der Waals surface area contributed by atoms with E-state index in [1.807, 2.05) is 25.1 Å². The van der Waals surface area contributed by atoms with Crippen molar-refractivity contribution in [3.8, 4) is 0 Å². The minimum atomic E-state index is -0.175. The molecule has 0 atom stereocenters. The summed E-state index contributed by atoms with van der Waals surface area (Å²) < 4.78 is 18.8. The standard InChI is InChI=1S/C19H24FN3O/c1-2-21-18(22-11-8-17-7-4-12-24-17)23-14-19(9-10-19)15-5-3-6-16(20)13-15/h3-7,12-13H,2,8-11,14H2,1H3,(H2,21,22,23). The van der Waals surface area contributed by atoms with Gasteiger partial charge in [-0.15, -0.1) is 0 Å². The first kappa shape index (κ1) is 16.6. The van der Waals surface area contributed by atoms with E-state index in [1.54, 1.807) is 18.4 Å². The average molecular weight is 329 g/mol. The molecule has 0 saturated heterocycles. The molecule has 128 valence electrons. The van der Waals surface area contributed by atoms with Crippen LogP contribution in [0.2, 0.25) is 0 Å². The van der Waals surface area contributed by atoms with Gasteiger partial charge in [-0.3, -0.25) is 4.99 Å². The first-order valence-electron chi connectivity index (χ1n) is 8.52. The fourth-order valence-corrected chi connectivity index (χ4v) is 2.84. The fourth-order valence-electron chi connectivity index (χ4n) is 2.84. The van der Waals surface area contributed by atoms with Crippen molar-refractivity contribution >= 4 is 5.96 Å². The molecule has 0 spiro atoms. The Morgan fingerprint density at radius 2 is 2.12 bits per heavy atom. The largest absolute Gasteiger partial charge is 0.469 e. The Morgan fingerprint density at radius 1 is 1.25 bits per heavy atom. The van der Waals surface area contributed by atoms with Gasteiger partial charge in [0, 0.05) is 24.9 Å². The summed E-state index contributed by atoms with van der Waals surface area (Å²) in [6.07, 6.45) is 4.62. The zero-order valence-electron chi connectivity index (χ0n) is 14.0. The fraction of sp³-hybridized carbons (Fsp3) is 0.421. The Kier molecular flexibility index (Phi) is 5.18. The van der Waals surface area contributed by atoms with Gasteiger partial charge < -0.3 is 15.1 Å². The summed E-state index contributed by atoms with van der Waals surface area (Å²) >= 11 is 0. The molecule has 1 aliphatic carbocycles. The molecule has 0 radical (unpaired) electrons. The molecule has 1 heterocycles. The molecule has 2 aromatic rings. The number of guanidine groups is 1. The van der Waals surface area contributed by atoms with Gasteiger partial charge in [0.2, 0.25) is 0 Å². The van der Waals surface area contributed by atoms with E-state index in [-0.39, 0.29) is 11.2 Å². The third-order valence-corrected chi connectivity index (χ3v) is 4.42. The predicted molar refractivity (Wildman–Crippen MR) is 93.7 cm³/mol. The number of rotatable bonds is 7. The highest BCUT2D eigenvalue weighted by Crippen LogP contribution is 2.48. The van der Waals surface area contributed by atoms with E-state index >= 15 is 0 Å². The van der Waals surface area contributed by atoms with Crippen molar-refractivity contribution in [1.29, 1.82) is 0 Å². The molecule has 0 amide bonds. The average Bonchev–Trinajstić information content (AvgIpc) is 3.20. The molecule has 24 heavy (non-hydrogen) atoms. The second kappa shape index (κ2) is 7.51. The topological polar surface area (TPSA) is 49.6 Å². The molecule has 2 N–H and O–H groups in total. The quantitative estimate of drug-likeness (QED) is 0.605. The Morgan fingerprint density at radius 3 is 2.79 bits per heavy atom. The Labute approximate surface area is 142 Å². The van der Waals surface area contributed by atoms with Gasteiger partial charge in [-0.05, 0) is 49.6 Å². The summed E-state index contributed by atoms with van der Waals surface area (Å²) in [5.41, 5.74) is 1.06. The lowest BCUT2D eigenvalue weighted by Gasteiger charge is -2.16. The van der Waals surface area contributed by atoms with Crippen LogP contribution in [0.3, 0.4) is 0 Å². The number of hydrogen-bond acceptors (Lipinski definition) is 2. The summed E-state index contributed by atoms with van der Waals surface area (Å²) in [6.45, 7) is 4.28. The van der Waals surface area contributed by atoms with Crippen LogP contribution in [0.25, 0.3) is 0 Å². The SMILES string of the molecule is CCNC(=NCC1(c2cccc(F)c2)CC1)NCCc1ccco1. The van der Waals surface area contributed by atoms with Crippen molar-refractivity contribution in [3.63, 3.8) is 0 Å². The normalized spacial score (nSPS) is 16.0. The van der Waals surface area contributed by atoms with Crippen molar-refractivity contribution in [1.82, 2.24) is 10.6 Å². The molecule has 0 bridgehead atoms. The molecule has 4 nitrogen and oxygen atoms in total. The lowest BCUT2D eigenvalue weighted by atomic mass is 9.96. The zero-order valence-corrected chi connectivity index (χ0v) is 14.0. The monoisotopic (exact) mass is 329 g/mol. The Bertz CT molecular complexity index is 678. The van der Waals surface area contributed by atoms with Gasteiger partial charge in [-0.25, -0.2) is 4.39 Å². The molecule has 1 aromatic heterocycles. The van der Waals surface area contributed by atoms with Crippen LogP contribution >= 0.6 is 0 Å². The lowest BCUT2D eigenvalue weighted by molar-refractivity contribution is 0.506. The Hall–Kier alpha value is -2.30. The maximum absolute atomic E-state index is 13.5. The molecule has 1 fully saturated rings. The van der Waals surface area contributed by atoms with Gasteiger partial charge in [0.25, 0.3) is 0 Å². The van der Waals surface area contributed by atoms with Crippen LogP contribution in [0.1, 0.15) is 31.1 Å². The molecular formula is C19H24FN3O. The summed E-state index contributed by atoms with van der Waals surface area (Å²) in [7, 11) is 0. The Balaban J connectivity index is 1.59. The molecule has 1 aliphatic rings. The number of nitrogens with one attached hydrogen (secondary N) is 2. The number of hydrogen-bond donors (Lipinski definition) is 2. The number of halogens is 1. The highest BCUT2D eigenvalue weighted by Gasteiger charge is 2.44. The van der Waals surface area contributed by atoms with Gasteiger partial charge in [-0.1, -0.05) is 12.1 Å². The maximum atomic E-state index is 13.5. The van der Waals surface area contributed by atoms with Crippen molar-refractivity contribution < 1.29 is 8.81 Å². The summed E-state index contributed by atoms with van der Waals surface area (Å²) in [4.78, 5) is 4.71. The molecule has 3 rings (SSSR count). The zero-order chi connectivity index (χ0) is 16.8. The van der Waals surface area contributed by atoms with Gasteiger partial charge in [0.1, 0.15) is 11.6 Å². The summed E-state index contributed by atoms with van der Waals surface area (Å²) in [5, 5.41) is 6.59. The smallest absolute Gasteiger partial charge is 0.191 e. The van der Waals surface area contributed by atoms with Crippen molar-refractivity contribution in [2.45, 2.75) is 31.6 Å². The van der Waals surface area contributed by atoms with Crippen LogP contribution in [0.4, 0.5) is 4.39 Å². The second-order valence-corrected chi connectivity index (χ2v) is 6.24. The first-order chi connectivity index (χ1) is 11.7. The molecule has 1 saturated carbocycles. The van der Waals surface area contributed by atoms with E-state index in [0.29, 0.717) is 6.54 Å². The van der Waals surface area contributed by atoms with Crippen LogP contribution in [-0.4, -0.2) is 25.6 Å². The van der Waals surface area contributed by atoms with Gasteiger partial charge in [0.15, 0.2) is 5.96 Å². The first-order valence-corrected chi connectivity index (χ1v) is 8.52. The van der Waals surface area contributed by atoms with Crippen molar-refractivity contribution in [3.05, 3.63) is 59.8 Å². The van der Waals surface area contributed by atoms with Crippen LogP contribution < -0.4 is 10.6 Å². The van der Waals surface area contributed by atoms with Crippen LogP contribution in [0, 0.1) is 5.82 Å². The predicted octanol–water partition coefficient (Wildman–Crippen LogP) is 3.25. The van der Waals surface area contributed by atoms with Crippen molar-refractivity contribution in [2.75, 3.05) is 19.6 Å². The van der Waals surface area contributed by atoms with E-state index in [9.17, 15) is 4.39 Å². The minimum Gasteiger partial charge on any atom is -0.469 e. The van der Waals surface area contributed by atoms with Crippen LogP contribution in [0.5, 0.6) is 0 Å². The number of benzene rings is 1. The molecule has 5 heteroatoms. The third kappa shape index (κ3) is 4.16. The van der Waals surface area contributed by atoms with E-state index in [2.05, 4.69) is 10.6 Å². The van der Waals surface area contributed by atoms with Gasteiger partial charge in [-0.2, -0.15) is 0 Å². The summed E-state index contributed by atoms with van der Waals surface area (Å²) in [6, 6.07) is 10.8. The molecule has 0 unspecified atom stereocenters. The van der Waals surface area contributed by atoms with Crippen molar-refractivity contribution in [2.24, 2.45) is 4.99 Å². The second-order valence-electron chi connectivity index (χ2n) is 6.24. The van der Waals surface area contributed by atoms with Crippen LogP contribution in [0.15, 0.2) is 52.1 Å². The molecular weight excluding hydrogens is 305 g/mol. The molecule has 1 aromatic carbocycles. The highest BCUT2D eigenvalue weighted by atomic mass is 19.1. The number of furan rings is 1. The number of nitrogens with zero attached hydrogens (tertiary/aromatic N) is 1. The van der Waals surface area contributed by atoms with E-state index in [1.165, 1.54) is 6.07 Å². The van der Waals surface area contributed by atoms with E-state index < -0.39 is 0 Å². The number of aliphatic imine (C=N–C) groups is 1. The van der Waals surface area contributed by atoms with E-state index in [4.69, 9.17) is 9.41 Å². The third-order valence-electron chi connectivity index (χ3n) is 4.42. The highest BCUT2D eigenvalue weighted by molar-refractivity contribution is 5.79. The molecule has 0 aliphatic heterocycles. The maximum Gasteiger partial charge on any atom is 0.191 e. The summed E-state index contributed by atoms with van der Waals surface area (Å²) in [5.74, 6) is 1.58. The minimum absolute atomic E-state index is 0.00542. The van der Waals surface area contributed by atoms with Gasteiger partial charge >= 0.3 is 0 Å².